The van der Waals surface area contributed by atoms with E-state index in [1.165, 1.54) is 14.2 Å². The number of aliphatic hydroxyl groups is 2. The number of benzene rings is 2. The van der Waals surface area contributed by atoms with Crippen LogP contribution in [0.2, 0.25) is 0 Å². The third-order valence-electron chi connectivity index (χ3n) is 3.44. The summed E-state index contributed by atoms with van der Waals surface area (Å²) in [6.45, 7) is -0.464. The molecule has 2 rings (SSSR count). The number of methoxy groups -OCH3 is 2. The van der Waals surface area contributed by atoms with Gasteiger partial charge in [-0.15, -0.1) is 0 Å². The van der Waals surface area contributed by atoms with E-state index >= 15 is 0 Å². The van der Waals surface area contributed by atoms with Crippen LogP contribution in [-0.2, 0) is 13.2 Å². The van der Waals surface area contributed by atoms with Crippen LogP contribution in [0.15, 0.2) is 24.3 Å². The quantitative estimate of drug-likeness (QED) is 0.623. The van der Waals surface area contributed by atoms with E-state index in [1.54, 1.807) is 24.3 Å². The van der Waals surface area contributed by atoms with E-state index in [4.69, 9.17) is 20.9 Å². The lowest BCUT2D eigenvalue weighted by Crippen LogP contribution is -2.03. The number of rotatable bonds is 5. The average molecular weight is 304 g/mol. The van der Waals surface area contributed by atoms with Crippen LogP contribution in [0.1, 0.15) is 11.1 Å². The van der Waals surface area contributed by atoms with Crippen molar-refractivity contribution in [3.63, 3.8) is 0 Å². The first kappa shape index (κ1) is 15.9. The largest absolute Gasteiger partial charge is 0.496 e. The Balaban J connectivity index is 2.86. The van der Waals surface area contributed by atoms with Crippen LogP contribution in [0.5, 0.6) is 11.5 Å². The summed E-state index contributed by atoms with van der Waals surface area (Å²) in [6, 6.07) is 6.64. The monoisotopic (exact) mass is 304 g/mol. The van der Waals surface area contributed by atoms with E-state index in [-0.39, 0.29) is 13.2 Å². The van der Waals surface area contributed by atoms with Gasteiger partial charge in [-0.25, -0.2) is 0 Å². The predicted molar refractivity (Wildman–Crippen MR) is 85.7 cm³/mol. The van der Waals surface area contributed by atoms with Crippen LogP contribution < -0.4 is 20.9 Å². The van der Waals surface area contributed by atoms with Gasteiger partial charge in [-0.3, -0.25) is 0 Å². The lowest BCUT2D eigenvalue weighted by atomic mass is 9.92. The summed E-state index contributed by atoms with van der Waals surface area (Å²) < 4.78 is 10.8. The van der Waals surface area contributed by atoms with E-state index in [9.17, 15) is 10.2 Å². The minimum absolute atomic E-state index is 0.232. The Labute approximate surface area is 128 Å². The molecule has 0 atom stereocenters. The number of aliphatic hydroxyl groups excluding tert-OH is 2. The molecule has 0 aliphatic carbocycles. The fourth-order valence-corrected chi connectivity index (χ4v) is 2.54. The summed E-state index contributed by atoms with van der Waals surface area (Å²) in [5.41, 5.74) is 15.0. The van der Waals surface area contributed by atoms with Gasteiger partial charge in [-0.05, 0) is 23.3 Å². The van der Waals surface area contributed by atoms with Gasteiger partial charge in [-0.2, -0.15) is 0 Å². The van der Waals surface area contributed by atoms with E-state index < -0.39 is 0 Å². The van der Waals surface area contributed by atoms with Crippen molar-refractivity contribution in [1.82, 2.24) is 0 Å². The Kier molecular flexibility index (Phi) is 4.75. The van der Waals surface area contributed by atoms with Crippen molar-refractivity contribution in [3.05, 3.63) is 35.4 Å². The van der Waals surface area contributed by atoms with Gasteiger partial charge in [0, 0.05) is 29.1 Å². The molecule has 0 aliphatic heterocycles. The summed E-state index contributed by atoms with van der Waals surface area (Å²) in [4.78, 5) is 0. The smallest absolute Gasteiger partial charge is 0.132 e. The number of ether oxygens (including phenoxy) is 2. The predicted octanol–water partition coefficient (Wildman–Crippen LogP) is 1.52. The first-order chi connectivity index (χ1) is 10.5. The summed E-state index contributed by atoms with van der Waals surface area (Å²) in [7, 11) is 3.04. The van der Waals surface area contributed by atoms with E-state index in [1.807, 2.05) is 0 Å². The molecule has 0 bridgehead atoms. The Morgan fingerprint density at radius 2 is 1.18 bits per heavy atom. The first-order valence-electron chi connectivity index (χ1n) is 6.70. The lowest BCUT2D eigenvalue weighted by Gasteiger charge is -2.19. The molecule has 0 saturated heterocycles. The summed E-state index contributed by atoms with van der Waals surface area (Å²) in [5.74, 6) is 0.983. The summed E-state index contributed by atoms with van der Waals surface area (Å²) in [5, 5.41) is 19.3. The highest BCUT2D eigenvalue weighted by molar-refractivity contribution is 5.84. The van der Waals surface area contributed by atoms with Gasteiger partial charge in [-0.1, -0.05) is 0 Å². The van der Waals surface area contributed by atoms with Gasteiger partial charge in [0.1, 0.15) is 11.5 Å². The van der Waals surface area contributed by atoms with Crippen molar-refractivity contribution in [2.24, 2.45) is 0 Å². The normalized spacial score (nSPS) is 10.5. The Bertz CT molecular complexity index is 576. The van der Waals surface area contributed by atoms with Crippen LogP contribution in [0.3, 0.4) is 0 Å². The van der Waals surface area contributed by atoms with Crippen LogP contribution >= 0.6 is 0 Å². The molecule has 0 amide bonds. The molecule has 0 spiro atoms. The zero-order valence-electron chi connectivity index (χ0n) is 12.6. The maximum atomic E-state index is 9.66. The molecule has 0 radical (unpaired) electrons. The van der Waals surface area contributed by atoms with Gasteiger partial charge in [0.2, 0.25) is 0 Å². The molecular weight excluding hydrogens is 284 g/mol. The SMILES string of the molecule is COc1cc(N)cc(OC)c1-c1c(CO)cc(N)cc1CO. The fourth-order valence-electron chi connectivity index (χ4n) is 2.54. The van der Waals surface area contributed by atoms with Crippen LogP contribution in [-0.4, -0.2) is 24.4 Å². The number of nitrogen functional groups attached to an aromatic ring is 2. The van der Waals surface area contributed by atoms with Gasteiger partial charge in [0.05, 0.1) is 33.0 Å². The first-order valence-corrected chi connectivity index (χ1v) is 6.70. The third kappa shape index (κ3) is 2.79. The van der Waals surface area contributed by atoms with Crippen molar-refractivity contribution in [2.75, 3.05) is 25.7 Å². The van der Waals surface area contributed by atoms with E-state index in [2.05, 4.69) is 0 Å². The summed E-state index contributed by atoms with van der Waals surface area (Å²) in [6.07, 6.45) is 0. The maximum absolute atomic E-state index is 9.66. The second kappa shape index (κ2) is 6.55. The third-order valence-corrected chi connectivity index (χ3v) is 3.44. The average Bonchev–Trinajstić information content (AvgIpc) is 2.53. The standard InChI is InChI=1S/C16H20N2O4/c1-21-13-5-12(18)6-14(22-2)16(13)15-9(7-19)3-11(17)4-10(15)8-20/h3-6,19-20H,7-8,17-18H2,1-2H3. The number of hydrogen-bond donors (Lipinski definition) is 4. The lowest BCUT2D eigenvalue weighted by molar-refractivity contribution is 0.276. The van der Waals surface area contributed by atoms with Crippen LogP contribution in [0.25, 0.3) is 11.1 Å². The minimum atomic E-state index is -0.232. The number of nitrogens with two attached hydrogens (primary N) is 2. The minimum Gasteiger partial charge on any atom is -0.496 e. The van der Waals surface area contributed by atoms with Gasteiger partial charge < -0.3 is 31.2 Å². The van der Waals surface area contributed by atoms with Crippen molar-refractivity contribution in [2.45, 2.75) is 13.2 Å². The molecule has 118 valence electrons. The molecule has 0 aliphatic rings. The van der Waals surface area contributed by atoms with Crippen molar-refractivity contribution in [3.8, 4) is 22.6 Å². The fraction of sp³-hybridized carbons (Fsp3) is 0.250. The highest BCUT2D eigenvalue weighted by atomic mass is 16.5. The molecule has 2 aromatic rings. The molecule has 6 N–H and O–H groups in total. The maximum Gasteiger partial charge on any atom is 0.132 e. The zero-order chi connectivity index (χ0) is 16.3. The molecule has 0 heterocycles. The molecule has 6 nitrogen and oxygen atoms in total. The molecule has 0 fully saturated rings. The Morgan fingerprint density at radius 3 is 1.55 bits per heavy atom. The van der Waals surface area contributed by atoms with Crippen LogP contribution in [0, 0.1) is 0 Å². The highest BCUT2D eigenvalue weighted by Crippen LogP contribution is 2.44. The molecule has 6 heteroatoms. The van der Waals surface area contributed by atoms with Gasteiger partial charge >= 0.3 is 0 Å². The Hall–Kier alpha value is -2.44. The molecular formula is C16H20N2O4. The number of hydrogen-bond acceptors (Lipinski definition) is 6. The van der Waals surface area contributed by atoms with Gasteiger partial charge in [0.25, 0.3) is 0 Å². The molecule has 0 saturated carbocycles. The second-order valence-corrected chi connectivity index (χ2v) is 4.83. The molecule has 2 aromatic carbocycles. The van der Waals surface area contributed by atoms with Crippen LogP contribution in [0.4, 0.5) is 11.4 Å². The zero-order valence-corrected chi connectivity index (χ0v) is 12.6. The van der Waals surface area contributed by atoms with Crippen molar-refractivity contribution >= 4 is 11.4 Å². The van der Waals surface area contributed by atoms with Crippen molar-refractivity contribution < 1.29 is 19.7 Å². The van der Waals surface area contributed by atoms with Gasteiger partial charge in [0.15, 0.2) is 0 Å². The second-order valence-electron chi connectivity index (χ2n) is 4.83. The van der Waals surface area contributed by atoms with Crippen molar-refractivity contribution in [1.29, 1.82) is 0 Å². The topological polar surface area (TPSA) is 111 Å². The highest BCUT2D eigenvalue weighted by Gasteiger charge is 2.20. The van der Waals surface area contributed by atoms with E-state index in [0.717, 1.165) is 0 Å². The number of anilines is 2. The summed E-state index contributed by atoms with van der Waals surface area (Å²) >= 11 is 0. The Morgan fingerprint density at radius 1 is 0.773 bits per heavy atom. The molecule has 0 unspecified atom stereocenters. The van der Waals surface area contributed by atoms with E-state index in [0.29, 0.717) is 45.1 Å². The molecule has 22 heavy (non-hydrogen) atoms. The molecule has 0 aromatic heterocycles.